The maximum Gasteiger partial charge on any atom is 0.0907 e. The molecule has 1 N–H and O–H groups in total. The fourth-order valence-corrected chi connectivity index (χ4v) is 2.31. The Morgan fingerprint density at radius 3 is 2.41 bits per heavy atom. The molecule has 0 saturated heterocycles. The first-order valence-corrected chi connectivity index (χ1v) is 5.53. The van der Waals surface area contributed by atoms with Crippen molar-refractivity contribution in [3.05, 3.63) is 48.8 Å². The van der Waals surface area contributed by atoms with E-state index in [0.29, 0.717) is 0 Å². The van der Waals surface area contributed by atoms with E-state index in [9.17, 15) is 0 Å². The van der Waals surface area contributed by atoms with Crippen molar-refractivity contribution < 1.29 is 0 Å². The number of nitrogens with zero attached hydrogens (tertiary/aromatic N) is 2. The summed E-state index contributed by atoms with van der Waals surface area (Å²) >= 11 is 0. The zero-order chi connectivity index (χ0) is 11.2. The first kappa shape index (κ1) is 8.70. The van der Waals surface area contributed by atoms with Gasteiger partial charge in [0.25, 0.3) is 0 Å². The molecule has 3 nitrogen and oxygen atoms in total. The molecular weight excluding hydrogens is 210 g/mol. The van der Waals surface area contributed by atoms with E-state index in [1.807, 2.05) is 6.07 Å². The molecule has 2 aromatic heterocycles. The van der Waals surface area contributed by atoms with Gasteiger partial charge in [0.2, 0.25) is 0 Å². The van der Waals surface area contributed by atoms with Crippen molar-refractivity contribution in [2.24, 2.45) is 0 Å². The number of H-pyrrole nitrogens is 1. The number of rotatable bonds is 0. The second kappa shape index (κ2) is 3.04. The van der Waals surface area contributed by atoms with Crippen molar-refractivity contribution in [3.63, 3.8) is 0 Å². The van der Waals surface area contributed by atoms with Crippen molar-refractivity contribution in [3.8, 4) is 0 Å². The Morgan fingerprint density at radius 1 is 0.765 bits per heavy atom. The first-order chi connectivity index (χ1) is 8.42. The lowest BCUT2D eigenvalue weighted by atomic mass is 10.1. The summed E-state index contributed by atoms with van der Waals surface area (Å²) < 4.78 is 0. The molecule has 2 heterocycles. The van der Waals surface area contributed by atoms with E-state index in [4.69, 9.17) is 0 Å². The van der Waals surface area contributed by atoms with Crippen LogP contribution in [0.25, 0.3) is 32.8 Å². The third-order valence-electron chi connectivity index (χ3n) is 3.10. The molecule has 80 valence electrons. The summed E-state index contributed by atoms with van der Waals surface area (Å²) in [5.74, 6) is 0. The summed E-state index contributed by atoms with van der Waals surface area (Å²) in [5.41, 5.74) is 4.12. The zero-order valence-corrected chi connectivity index (χ0v) is 9.01. The van der Waals surface area contributed by atoms with Crippen molar-refractivity contribution in [1.82, 2.24) is 15.0 Å². The summed E-state index contributed by atoms with van der Waals surface area (Å²) in [5, 5.41) is 2.43. The summed E-state index contributed by atoms with van der Waals surface area (Å²) in [6.07, 6.45) is 3.44. The number of aromatic nitrogens is 3. The minimum absolute atomic E-state index is 0.923. The van der Waals surface area contributed by atoms with Gasteiger partial charge in [0.15, 0.2) is 0 Å². The molecule has 4 rings (SSSR count). The summed E-state index contributed by atoms with van der Waals surface area (Å²) in [4.78, 5) is 12.1. The summed E-state index contributed by atoms with van der Waals surface area (Å²) in [7, 11) is 0. The predicted molar refractivity (Wildman–Crippen MR) is 68.9 cm³/mol. The van der Waals surface area contributed by atoms with Crippen LogP contribution in [-0.2, 0) is 0 Å². The highest BCUT2D eigenvalue weighted by Crippen LogP contribution is 2.27. The number of fused-ring (bicyclic) bond motifs is 4. The van der Waals surface area contributed by atoms with Gasteiger partial charge in [0, 0.05) is 34.2 Å². The molecule has 0 unspecified atom stereocenters. The van der Waals surface area contributed by atoms with Crippen LogP contribution >= 0.6 is 0 Å². The molecule has 0 aliphatic carbocycles. The number of benzene rings is 2. The topological polar surface area (TPSA) is 41.6 Å². The molecule has 0 amide bonds. The van der Waals surface area contributed by atoms with E-state index in [1.165, 1.54) is 10.8 Å². The standard InChI is InChI=1S/C14H9N3/c1-2-4-11-9(3-1)10-7-13-14(8-12(10)17-11)16-6-5-15-13/h1-8,17H. The van der Waals surface area contributed by atoms with Gasteiger partial charge < -0.3 is 4.98 Å². The lowest BCUT2D eigenvalue weighted by Gasteiger charge is -1.96. The molecule has 4 aromatic rings. The lowest BCUT2D eigenvalue weighted by molar-refractivity contribution is 1.30. The highest BCUT2D eigenvalue weighted by molar-refractivity contribution is 6.10. The van der Waals surface area contributed by atoms with Gasteiger partial charge in [0.1, 0.15) is 0 Å². The van der Waals surface area contributed by atoms with Crippen LogP contribution in [0.15, 0.2) is 48.8 Å². The minimum Gasteiger partial charge on any atom is -0.354 e. The molecule has 0 spiro atoms. The van der Waals surface area contributed by atoms with Crippen LogP contribution < -0.4 is 0 Å². The lowest BCUT2D eigenvalue weighted by Crippen LogP contribution is -1.81. The highest BCUT2D eigenvalue weighted by Gasteiger charge is 2.05. The molecule has 3 heteroatoms. The van der Waals surface area contributed by atoms with Gasteiger partial charge in [-0.1, -0.05) is 18.2 Å². The van der Waals surface area contributed by atoms with Gasteiger partial charge in [-0.15, -0.1) is 0 Å². The summed E-state index contributed by atoms with van der Waals surface area (Å²) in [6.45, 7) is 0. The molecule has 0 aliphatic rings. The maximum atomic E-state index is 4.34. The van der Waals surface area contributed by atoms with Crippen LogP contribution in [0.3, 0.4) is 0 Å². The number of aromatic amines is 1. The van der Waals surface area contributed by atoms with Gasteiger partial charge in [-0.2, -0.15) is 0 Å². The predicted octanol–water partition coefficient (Wildman–Crippen LogP) is 3.26. The van der Waals surface area contributed by atoms with E-state index < -0.39 is 0 Å². The van der Waals surface area contributed by atoms with E-state index in [-0.39, 0.29) is 0 Å². The van der Waals surface area contributed by atoms with Crippen molar-refractivity contribution in [2.75, 3.05) is 0 Å². The maximum absolute atomic E-state index is 4.34. The van der Waals surface area contributed by atoms with Gasteiger partial charge in [-0.25, -0.2) is 0 Å². The Hall–Kier alpha value is -2.42. The average Bonchev–Trinajstić information content (AvgIpc) is 2.73. The Morgan fingerprint density at radius 2 is 1.53 bits per heavy atom. The van der Waals surface area contributed by atoms with Crippen LogP contribution in [0.5, 0.6) is 0 Å². The highest BCUT2D eigenvalue weighted by atomic mass is 14.8. The fraction of sp³-hybridized carbons (Fsp3) is 0. The average molecular weight is 219 g/mol. The van der Waals surface area contributed by atoms with Gasteiger partial charge in [-0.3, -0.25) is 9.97 Å². The van der Waals surface area contributed by atoms with Gasteiger partial charge in [0.05, 0.1) is 11.0 Å². The molecule has 0 fully saturated rings. The third kappa shape index (κ3) is 1.16. The van der Waals surface area contributed by atoms with E-state index >= 15 is 0 Å². The Balaban J connectivity index is 2.28. The SMILES string of the molecule is c1ccc2c(c1)[nH]c1cc3nccnc3cc12. The molecule has 0 atom stereocenters. The molecule has 0 aliphatic heterocycles. The molecular formula is C14H9N3. The van der Waals surface area contributed by atoms with Crippen molar-refractivity contribution in [1.29, 1.82) is 0 Å². The van der Waals surface area contributed by atoms with Crippen LogP contribution in [0.4, 0.5) is 0 Å². The number of hydrogen-bond acceptors (Lipinski definition) is 2. The van der Waals surface area contributed by atoms with E-state index in [1.54, 1.807) is 12.4 Å². The molecule has 0 saturated carbocycles. The summed E-state index contributed by atoms with van der Waals surface area (Å²) in [6, 6.07) is 12.4. The second-order valence-corrected chi connectivity index (χ2v) is 4.11. The Labute approximate surface area is 97.1 Å². The normalized spacial score (nSPS) is 11.5. The van der Waals surface area contributed by atoms with Crippen LogP contribution in [0.1, 0.15) is 0 Å². The molecule has 0 bridgehead atoms. The van der Waals surface area contributed by atoms with Crippen molar-refractivity contribution >= 4 is 32.8 Å². The van der Waals surface area contributed by atoms with Gasteiger partial charge in [-0.05, 0) is 18.2 Å². The zero-order valence-electron chi connectivity index (χ0n) is 9.01. The van der Waals surface area contributed by atoms with Crippen LogP contribution in [0, 0.1) is 0 Å². The number of para-hydroxylation sites is 1. The van der Waals surface area contributed by atoms with Crippen molar-refractivity contribution in [2.45, 2.75) is 0 Å². The monoisotopic (exact) mass is 219 g/mol. The molecule has 2 aromatic carbocycles. The van der Waals surface area contributed by atoms with Crippen LogP contribution in [-0.4, -0.2) is 15.0 Å². The fourth-order valence-electron chi connectivity index (χ4n) is 2.31. The minimum atomic E-state index is 0.923. The number of nitrogens with one attached hydrogen (secondary N) is 1. The van der Waals surface area contributed by atoms with E-state index in [2.05, 4.69) is 45.3 Å². The van der Waals surface area contributed by atoms with E-state index in [0.717, 1.165) is 22.1 Å². The number of hydrogen-bond donors (Lipinski definition) is 1. The third-order valence-corrected chi connectivity index (χ3v) is 3.10. The quantitative estimate of drug-likeness (QED) is 0.493. The van der Waals surface area contributed by atoms with Crippen LogP contribution in [0.2, 0.25) is 0 Å². The molecule has 0 radical (unpaired) electrons. The largest absolute Gasteiger partial charge is 0.354 e. The smallest absolute Gasteiger partial charge is 0.0907 e. The van der Waals surface area contributed by atoms with Gasteiger partial charge >= 0.3 is 0 Å². The first-order valence-electron chi connectivity index (χ1n) is 5.53. The molecule has 17 heavy (non-hydrogen) atoms. The Kier molecular flexibility index (Phi) is 1.56. The second-order valence-electron chi connectivity index (χ2n) is 4.11. The Bertz CT molecular complexity index is 840.